The van der Waals surface area contributed by atoms with Crippen LogP contribution in [0.1, 0.15) is 27.2 Å². The first-order valence-electron chi connectivity index (χ1n) is 5.27. The Hall–Kier alpha value is -0.920. The minimum absolute atomic E-state index is 0.0251. The van der Waals surface area contributed by atoms with Crippen molar-refractivity contribution < 1.29 is 4.39 Å². The van der Waals surface area contributed by atoms with Gasteiger partial charge in [-0.15, -0.1) is 0 Å². The zero-order valence-electron chi connectivity index (χ0n) is 9.63. The van der Waals surface area contributed by atoms with E-state index in [1.807, 2.05) is 13.0 Å². The first kappa shape index (κ1) is 14.1. The van der Waals surface area contributed by atoms with Gasteiger partial charge in [-0.1, -0.05) is 13.8 Å². The summed E-state index contributed by atoms with van der Waals surface area (Å²) in [5.74, 6) is -0.867. The van der Waals surface area contributed by atoms with Crippen molar-refractivity contribution in [2.75, 3.05) is 6.67 Å². The number of nitrogens with one attached hydrogen (secondary N) is 1. The Morgan fingerprint density at radius 3 is 2.60 bits per heavy atom. The molecule has 2 unspecified atom stereocenters. The van der Waals surface area contributed by atoms with Crippen molar-refractivity contribution in [1.29, 1.82) is 5.26 Å². The number of rotatable bonds is 6. The van der Waals surface area contributed by atoms with Gasteiger partial charge in [0, 0.05) is 18.6 Å². The Morgan fingerprint density at radius 1 is 1.60 bits per heavy atom. The number of nitriles is 1. The van der Waals surface area contributed by atoms with Crippen molar-refractivity contribution in [2.24, 2.45) is 17.6 Å². The van der Waals surface area contributed by atoms with E-state index in [0.717, 1.165) is 6.42 Å². The molecule has 0 rings (SSSR count). The summed E-state index contributed by atoms with van der Waals surface area (Å²) in [4.78, 5) is 0. The van der Waals surface area contributed by atoms with E-state index in [1.54, 1.807) is 13.8 Å². The van der Waals surface area contributed by atoms with Gasteiger partial charge in [0.2, 0.25) is 0 Å². The quantitative estimate of drug-likeness (QED) is 0.663. The lowest BCUT2D eigenvalue weighted by Gasteiger charge is -2.22. The van der Waals surface area contributed by atoms with Crippen LogP contribution in [0.25, 0.3) is 0 Å². The Balaban J connectivity index is 4.47. The molecule has 86 valence electrons. The molecule has 0 aliphatic rings. The highest BCUT2D eigenvalue weighted by atomic mass is 19.1. The molecule has 0 aromatic carbocycles. The van der Waals surface area contributed by atoms with E-state index < -0.39 is 0 Å². The third-order valence-electron chi connectivity index (χ3n) is 2.47. The monoisotopic (exact) mass is 213 g/mol. The second kappa shape index (κ2) is 7.38. The number of halogens is 1. The van der Waals surface area contributed by atoms with Crippen LogP contribution in [-0.2, 0) is 0 Å². The van der Waals surface area contributed by atoms with Gasteiger partial charge in [-0.2, -0.15) is 5.26 Å². The second-order valence-corrected chi connectivity index (χ2v) is 3.68. The summed E-state index contributed by atoms with van der Waals surface area (Å²) < 4.78 is 13.6. The predicted molar refractivity (Wildman–Crippen MR) is 59.4 cm³/mol. The molecular formula is C11H20FN3. The number of nitrogens with zero attached hydrogens (tertiary/aromatic N) is 1. The van der Waals surface area contributed by atoms with E-state index in [2.05, 4.69) is 5.32 Å². The van der Waals surface area contributed by atoms with Crippen molar-refractivity contribution >= 4 is 0 Å². The molecule has 0 spiro atoms. The highest BCUT2D eigenvalue weighted by Crippen LogP contribution is 2.20. The third kappa shape index (κ3) is 4.91. The lowest BCUT2D eigenvalue weighted by Crippen LogP contribution is -2.38. The summed E-state index contributed by atoms with van der Waals surface area (Å²) in [5.41, 5.74) is 5.36. The average Bonchev–Trinajstić information content (AvgIpc) is 2.24. The lowest BCUT2D eigenvalue weighted by molar-refractivity contribution is 0.356. The van der Waals surface area contributed by atoms with E-state index in [1.165, 1.54) is 6.08 Å². The minimum atomic E-state index is -0.386. The molecule has 3 nitrogen and oxygen atoms in total. The molecule has 0 aromatic rings. The largest absolute Gasteiger partial charge is 0.318 e. The molecule has 0 fully saturated rings. The average molecular weight is 213 g/mol. The molecule has 4 heteroatoms. The van der Waals surface area contributed by atoms with Crippen LogP contribution in [0.5, 0.6) is 0 Å². The SMILES string of the molecule is CCC(NCN)[C@@H](C)/C(F)=C\C(C)C#N. The van der Waals surface area contributed by atoms with Gasteiger partial charge in [0.15, 0.2) is 0 Å². The summed E-state index contributed by atoms with van der Waals surface area (Å²) in [6.45, 7) is 5.78. The standard InChI is InChI=1S/C11H20FN3/c1-4-11(15-7-14)9(3)10(12)5-8(2)6-13/h5,8-9,11,15H,4,7,14H2,1-3H3/b10-5+/t8?,9-,11?/m0/s1. The zero-order valence-corrected chi connectivity index (χ0v) is 9.63. The molecule has 0 aromatic heterocycles. The van der Waals surface area contributed by atoms with E-state index in [9.17, 15) is 4.39 Å². The fourth-order valence-electron chi connectivity index (χ4n) is 1.45. The summed E-state index contributed by atoms with van der Waals surface area (Å²) in [5, 5.41) is 11.6. The summed E-state index contributed by atoms with van der Waals surface area (Å²) >= 11 is 0. The number of nitrogens with two attached hydrogens (primary N) is 1. The molecule has 0 saturated heterocycles. The molecule has 0 aliphatic carbocycles. The highest BCUT2D eigenvalue weighted by Gasteiger charge is 2.19. The van der Waals surface area contributed by atoms with Crippen LogP contribution in [0.15, 0.2) is 11.9 Å². The Kier molecular flexibility index (Phi) is 6.93. The van der Waals surface area contributed by atoms with Crippen molar-refractivity contribution in [3.05, 3.63) is 11.9 Å². The van der Waals surface area contributed by atoms with Crippen LogP contribution in [0.3, 0.4) is 0 Å². The van der Waals surface area contributed by atoms with Gasteiger partial charge in [-0.05, 0) is 19.4 Å². The molecule has 3 N–H and O–H groups in total. The molecule has 0 heterocycles. The van der Waals surface area contributed by atoms with Gasteiger partial charge in [-0.3, -0.25) is 0 Å². The molecule has 0 amide bonds. The second-order valence-electron chi connectivity index (χ2n) is 3.68. The van der Waals surface area contributed by atoms with Crippen LogP contribution >= 0.6 is 0 Å². The van der Waals surface area contributed by atoms with Gasteiger partial charge in [-0.25, -0.2) is 4.39 Å². The van der Waals surface area contributed by atoms with Crippen molar-refractivity contribution in [3.8, 4) is 6.07 Å². The fourth-order valence-corrected chi connectivity index (χ4v) is 1.45. The fraction of sp³-hybridized carbons (Fsp3) is 0.727. The van der Waals surface area contributed by atoms with E-state index in [-0.39, 0.29) is 23.7 Å². The number of allylic oxidation sites excluding steroid dienone is 1. The molecular weight excluding hydrogens is 193 g/mol. The van der Waals surface area contributed by atoms with Gasteiger partial charge in [0.25, 0.3) is 0 Å². The molecule has 15 heavy (non-hydrogen) atoms. The van der Waals surface area contributed by atoms with E-state index >= 15 is 0 Å². The number of hydrogen-bond donors (Lipinski definition) is 2. The Bertz CT molecular complexity index is 245. The Labute approximate surface area is 91.1 Å². The third-order valence-corrected chi connectivity index (χ3v) is 2.47. The molecule has 3 atom stereocenters. The maximum absolute atomic E-state index is 13.6. The van der Waals surface area contributed by atoms with E-state index in [4.69, 9.17) is 11.0 Å². The smallest absolute Gasteiger partial charge is 0.102 e. The van der Waals surface area contributed by atoms with Crippen molar-refractivity contribution in [3.63, 3.8) is 0 Å². The zero-order chi connectivity index (χ0) is 11.8. The molecule has 0 bridgehead atoms. The van der Waals surface area contributed by atoms with Crippen molar-refractivity contribution in [2.45, 2.75) is 33.2 Å². The minimum Gasteiger partial charge on any atom is -0.318 e. The Morgan fingerprint density at radius 2 is 2.20 bits per heavy atom. The first-order valence-corrected chi connectivity index (χ1v) is 5.27. The maximum Gasteiger partial charge on any atom is 0.102 e. The van der Waals surface area contributed by atoms with Gasteiger partial charge < -0.3 is 11.1 Å². The van der Waals surface area contributed by atoms with Gasteiger partial charge in [0.1, 0.15) is 5.83 Å². The lowest BCUT2D eigenvalue weighted by atomic mass is 9.96. The van der Waals surface area contributed by atoms with Crippen LogP contribution in [0.4, 0.5) is 4.39 Å². The number of hydrogen-bond acceptors (Lipinski definition) is 3. The summed E-state index contributed by atoms with van der Waals surface area (Å²) in [6.07, 6.45) is 2.17. The molecule has 0 radical (unpaired) electrons. The van der Waals surface area contributed by atoms with Crippen LogP contribution in [0, 0.1) is 23.2 Å². The van der Waals surface area contributed by atoms with Gasteiger partial charge in [0.05, 0.1) is 12.0 Å². The van der Waals surface area contributed by atoms with Crippen LogP contribution in [-0.4, -0.2) is 12.7 Å². The van der Waals surface area contributed by atoms with E-state index in [0.29, 0.717) is 6.67 Å². The summed E-state index contributed by atoms with van der Waals surface area (Å²) in [7, 11) is 0. The topological polar surface area (TPSA) is 61.8 Å². The van der Waals surface area contributed by atoms with Gasteiger partial charge >= 0.3 is 0 Å². The predicted octanol–water partition coefficient (Wildman–Crippen LogP) is 1.92. The molecule has 0 saturated carbocycles. The van der Waals surface area contributed by atoms with Crippen LogP contribution in [0.2, 0.25) is 0 Å². The first-order chi connectivity index (χ1) is 7.06. The molecule has 0 aliphatic heterocycles. The maximum atomic E-state index is 13.6. The van der Waals surface area contributed by atoms with Crippen molar-refractivity contribution in [1.82, 2.24) is 5.32 Å². The highest BCUT2D eigenvalue weighted by molar-refractivity contribution is 5.06. The van der Waals surface area contributed by atoms with Crippen LogP contribution < -0.4 is 11.1 Å². The normalized spacial score (nSPS) is 18.0. The summed E-state index contributed by atoms with van der Waals surface area (Å²) in [6, 6.07) is 2.00.